The molecule has 0 aliphatic heterocycles. The average Bonchev–Trinajstić information content (AvgIpc) is 2.88. The third-order valence-corrected chi connectivity index (χ3v) is 7.05. The van der Waals surface area contributed by atoms with E-state index in [9.17, 15) is 18.3 Å². The summed E-state index contributed by atoms with van der Waals surface area (Å²) in [5.41, 5.74) is 1.77. The Morgan fingerprint density at radius 1 is 0.975 bits per heavy atom. The predicted octanol–water partition coefficient (Wildman–Crippen LogP) is 4.41. The molecule has 0 aliphatic carbocycles. The van der Waals surface area contributed by atoms with E-state index in [1.807, 2.05) is 11.9 Å². The third-order valence-electron chi connectivity index (χ3n) is 5.71. The number of rotatable bonds is 11. The molecule has 3 aromatic carbocycles. The Morgan fingerprint density at radius 2 is 1.68 bits per heavy atom. The van der Waals surface area contributed by atoms with Crippen molar-refractivity contribution in [3.8, 4) is 11.5 Å². The van der Waals surface area contributed by atoms with Crippen LogP contribution in [0.5, 0.6) is 11.5 Å². The summed E-state index contributed by atoms with van der Waals surface area (Å²) in [6.45, 7) is 5.06. The number of anilines is 4. The van der Waals surface area contributed by atoms with Crippen molar-refractivity contribution >= 4 is 50.0 Å². The maximum absolute atomic E-state index is 13.4. The van der Waals surface area contributed by atoms with Gasteiger partial charge in [-0.1, -0.05) is 32.0 Å². The molecule has 0 bridgehead atoms. The molecule has 0 atom stereocenters. The van der Waals surface area contributed by atoms with E-state index in [-0.39, 0.29) is 34.7 Å². The van der Waals surface area contributed by atoms with Gasteiger partial charge in [-0.05, 0) is 43.3 Å². The topological polar surface area (TPSA) is 146 Å². The molecular formula is C28H32N6O5S. The predicted molar refractivity (Wildman–Crippen MR) is 156 cm³/mol. The first kappa shape index (κ1) is 28.6. The fourth-order valence-electron chi connectivity index (χ4n) is 4.13. The lowest BCUT2D eigenvalue weighted by Crippen LogP contribution is -2.32. The van der Waals surface area contributed by atoms with E-state index >= 15 is 0 Å². The van der Waals surface area contributed by atoms with Crippen molar-refractivity contribution in [2.75, 3.05) is 42.6 Å². The van der Waals surface area contributed by atoms with Crippen LogP contribution in [0.2, 0.25) is 0 Å². The number of fused-ring (bicyclic) bond motifs is 1. The summed E-state index contributed by atoms with van der Waals surface area (Å²) in [6, 6.07) is 17.5. The number of para-hydroxylation sites is 2. The number of nitrogens with zero attached hydrogens (tertiary/aromatic N) is 3. The lowest BCUT2D eigenvalue weighted by Gasteiger charge is -2.18. The highest BCUT2D eigenvalue weighted by Crippen LogP contribution is 2.31. The Morgan fingerprint density at radius 3 is 2.35 bits per heavy atom. The number of benzene rings is 3. The van der Waals surface area contributed by atoms with Crippen molar-refractivity contribution in [1.82, 2.24) is 14.9 Å². The number of aromatic hydroxyl groups is 1. The van der Waals surface area contributed by atoms with Gasteiger partial charge in [0.15, 0.2) is 11.6 Å². The summed E-state index contributed by atoms with van der Waals surface area (Å²) < 4.78 is 34.6. The van der Waals surface area contributed by atoms with E-state index in [2.05, 4.69) is 39.2 Å². The van der Waals surface area contributed by atoms with Gasteiger partial charge in [0, 0.05) is 36.1 Å². The smallest absolute Gasteiger partial charge is 0.263 e. The van der Waals surface area contributed by atoms with Crippen LogP contribution in [-0.2, 0) is 14.8 Å². The number of likely N-dealkylation sites (N-methyl/N-ethyl adjacent to an activating group) is 1. The minimum atomic E-state index is -4.14. The van der Waals surface area contributed by atoms with Crippen LogP contribution in [0.25, 0.3) is 11.0 Å². The quantitative estimate of drug-likeness (QED) is 0.208. The van der Waals surface area contributed by atoms with Crippen molar-refractivity contribution in [1.29, 1.82) is 0 Å². The molecule has 0 spiro atoms. The van der Waals surface area contributed by atoms with Crippen molar-refractivity contribution in [3.05, 3.63) is 66.7 Å². The van der Waals surface area contributed by atoms with Gasteiger partial charge in [-0.15, -0.1) is 0 Å². The molecule has 12 heteroatoms. The molecule has 1 heterocycles. The van der Waals surface area contributed by atoms with Crippen LogP contribution in [0.3, 0.4) is 0 Å². The first-order valence-electron chi connectivity index (χ1n) is 12.6. The monoisotopic (exact) mass is 564 g/mol. The third kappa shape index (κ3) is 7.36. The Labute approximate surface area is 233 Å². The second-order valence-electron chi connectivity index (χ2n) is 9.73. The zero-order chi connectivity index (χ0) is 28.9. The number of aromatic nitrogens is 2. The number of methoxy groups -OCH3 is 1. The highest BCUT2D eigenvalue weighted by atomic mass is 32.2. The van der Waals surface area contributed by atoms with E-state index < -0.39 is 10.0 Å². The Balaban J connectivity index is 1.62. The van der Waals surface area contributed by atoms with E-state index in [1.165, 1.54) is 31.4 Å². The van der Waals surface area contributed by atoms with Gasteiger partial charge in [-0.25, -0.2) is 18.4 Å². The second-order valence-corrected chi connectivity index (χ2v) is 11.4. The molecule has 4 N–H and O–H groups in total. The number of hydrogen-bond donors (Lipinski definition) is 4. The van der Waals surface area contributed by atoms with Crippen LogP contribution in [-0.4, -0.2) is 61.5 Å². The van der Waals surface area contributed by atoms with Crippen LogP contribution < -0.4 is 20.1 Å². The number of phenols is 1. The van der Waals surface area contributed by atoms with Gasteiger partial charge in [0.05, 0.1) is 29.6 Å². The Hall–Kier alpha value is -4.42. The van der Waals surface area contributed by atoms with Gasteiger partial charge in [-0.2, -0.15) is 0 Å². The molecule has 210 valence electrons. The maximum Gasteiger partial charge on any atom is 0.263 e. The zero-order valence-corrected chi connectivity index (χ0v) is 23.5. The first-order valence-corrected chi connectivity index (χ1v) is 14.0. The molecule has 4 rings (SSSR count). The summed E-state index contributed by atoms with van der Waals surface area (Å²) in [5.74, 6) is 0.571. The number of carbonyl (C=O) groups is 1. The maximum atomic E-state index is 13.4. The lowest BCUT2D eigenvalue weighted by atomic mass is 10.2. The number of amides is 1. The summed E-state index contributed by atoms with van der Waals surface area (Å²) in [6.07, 6.45) is 0. The number of carbonyl (C=O) groups excluding carboxylic acids is 1. The van der Waals surface area contributed by atoms with Crippen LogP contribution in [0, 0.1) is 5.92 Å². The molecule has 11 nitrogen and oxygen atoms in total. The highest BCUT2D eigenvalue weighted by molar-refractivity contribution is 7.92. The standard InChI is InChI=1S/C28H32N6O5S/c1-18(2)16-34(3)17-26(36)29-19-8-7-9-23(14-19)40(37,38)33-28-27(31-24-10-5-6-11-25(24)32-28)30-20-12-21(35)15-22(13-20)39-4/h5-15,18,35H,16-17H2,1-4H3,(H,29,36)(H,30,31)(H,32,33). The summed E-state index contributed by atoms with van der Waals surface area (Å²) in [4.78, 5) is 23.4. The van der Waals surface area contributed by atoms with E-state index in [4.69, 9.17) is 4.74 Å². The normalized spacial score (nSPS) is 11.6. The number of hydrogen-bond acceptors (Lipinski definition) is 9. The van der Waals surface area contributed by atoms with Crippen molar-refractivity contribution in [2.45, 2.75) is 18.7 Å². The summed E-state index contributed by atoms with van der Waals surface area (Å²) >= 11 is 0. The Kier molecular flexibility index (Phi) is 8.70. The van der Waals surface area contributed by atoms with E-state index in [1.54, 1.807) is 42.5 Å². The minimum absolute atomic E-state index is 0.0491. The van der Waals surface area contributed by atoms with Crippen LogP contribution >= 0.6 is 0 Å². The molecular weight excluding hydrogens is 532 g/mol. The molecule has 0 aliphatic rings. The average molecular weight is 565 g/mol. The summed E-state index contributed by atoms with van der Waals surface area (Å²) in [7, 11) is -0.822. The lowest BCUT2D eigenvalue weighted by molar-refractivity contribution is -0.117. The molecule has 4 aromatic rings. The van der Waals surface area contributed by atoms with Gasteiger partial charge in [0.1, 0.15) is 11.5 Å². The van der Waals surface area contributed by atoms with Gasteiger partial charge >= 0.3 is 0 Å². The van der Waals surface area contributed by atoms with Gasteiger partial charge in [0.2, 0.25) is 5.91 Å². The van der Waals surface area contributed by atoms with E-state index in [0.29, 0.717) is 34.1 Å². The molecule has 0 saturated heterocycles. The SMILES string of the molecule is COc1cc(O)cc(Nc2nc3ccccc3nc2NS(=O)(=O)c2cccc(NC(=O)CN(C)CC(C)C)c2)c1. The Bertz CT molecular complexity index is 1630. The van der Waals surface area contributed by atoms with E-state index in [0.717, 1.165) is 6.54 Å². The van der Waals surface area contributed by atoms with Crippen LogP contribution in [0.4, 0.5) is 23.0 Å². The van der Waals surface area contributed by atoms with Crippen LogP contribution in [0.1, 0.15) is 13.8 Å². The second kappa shape index (κ2) is 12.2. The number of nitrogens with one attached hydrogen (secondary N) is 3. The number of ether oxygens (including phenoxy) is 1. The zero-order valence-electron chi connectivity index (χ0n) is 22.7. The largest absolute Gasteiger partial charge is 0.508 e. The van der Waals surface area contributed by atoms with Gasteiger partial charge in [-0.3, -0.25) is 14.4 Å². The number of sulfonamides is 1. The summed E-state index contributed by atoms with van der Waals surface area (Å²) in [5, 5.41) is 15.8. The molecule has 0 saturated carbocycles. The van der Waals surface area contributed by atoms with Gasteiger partial charge in [0.25, 0.3) is 10.0 Å². The molecule has 1 aromatic heterocycles. The van der Waals surface area contributed by atoms with Crippen LogP contribution in [0.15, 0.2) is 71.6 Å². The minimum Gasteiger partial charge on any atom is -0.508 e. The molecule has 0 radical (unpaired) electrons. The fourth-order valence-corrected chi connectivity index (χ4v) is 5.18. The highest BCUT2D eigenvalue weighted by Gasteiger charge is 2.20. The molecule has 0 fully saturated rings. The van der Waals surface area contributed by atoms with Crippen molar-refractivity contribution < 1.29 is 23.1 Å². The number of phenolic OH excluding ortho intramolecular Hbond substituents is 1. The molecule has 1 amide bonds. The van der Waals surface area contributed by atoms with Gasteiger partial charge < -0.3 is 20.5 Å². The van der Waals surface area contributed by atoms with Crippen molar-refractivity contribution in [3.63, 3.8) is 0 Å². The van der Waals surface area contributed by atoms with Crippen molar-refractivity contribution in [2.24, 2.45) is 5.92 Å². The molecule has 0 unspecified atom stereocenters. The first-order chi connectivity index (χ1) is 19.0. The fraction of sp³-hybridized carbons (Fsp3) is 0.250. The molecule has 40 heavy (non-hydrogen) atoms.